The number of nitrogens with zero attached hydrogens (tertiary/aromatic N) is 2. The Kier molecular flexibility index (Phi) is 5.41. The normalized spacial score (nSPS) is 23.4. The predicted octanol–water partition coefficient (Wildman–Crippen LogP) is 3.45. The van der Waals surface area contributed by atoms with E-state index in [0.717, 1.165) is 25.6 Å². The average molecular weight is 275 g/mol. The standard InChI is InChI=1S/C17H29N3/c1-13(2)11-18-12-16-8-5-9-19-17(16)20-10-6-7-14(3)15(20)4/h5,8-9,13-15,18H,6-7,10-12H2,1-4H3. The molecule has 1 aromatic rings. The highest BCUT2D eigenvalue weighted by Gasteiger charge is 2.26. The van der Waals surface area contributed by atoms with Crippen LogP contribution in [0.1, 0.15) is 46.1 Å². The maximum Gasteiger partial charge on any atom is 0.133 e. The summed E-state index contributed by atoms with van der Waals surface area (Å²) in [6.45, 7) is 12.3. The first-order chi connectivity index (χ1) is 9.59. The van der Waals surface area contributed by atoms with Crippen LogP contribution in [0, 0.1) is 11.8 Å². The van der Waals surface area contributed by atoms with Gasteiger partial charge in [-0.25, -0.2) is 4.98 Å². The Labute approximate surface area is 123 Å². The van der Waals surface area contributed by atoms with E-state index in [1.54, 1.807) is 0 Å². The van der Waals surface area contributed by atoms with E-state index in [0.29, 0.717) is 12.0 Å². The second-order valence-electron chi connectivity index (χ2n) is 6.56. The summed E-state index contributed by atoms with van der Waals surface area (Å²) in [5.74, 6) is 2.62. The van der Waals surface area contributed by atoms with Crippen LogP contribution >= 0.6 is 0 Å². The van der Waals surface area contributed by atoms with Crippen molar-refractivity contribution in [3.05, 3.63) is 23.9 Å². The molecular formula is C17H29N3. The number of hydrogen-bond acceptors (Lipinski definition) is 3. The minimum atomic E-state index is 0.586. The summed E-state index contributed by atoms with van der Waals surface area (Å²) in [4.78, 5) is 7.17. The van der Waals surface area contributed by atoms with E-state index in [4.69, 9.17) is 0 Å². The van der Waals surface area contributed by atoms with Gasteiger partial charge in [-0.1, -0.05) is 26.8 Å². The van der Waals surface area contributed by atoms with Crippen LogP contribution < -0.4 is 10.2 Å². The predicted molar refractivity (Wildman–Crippen MR) is 86.0 cm³/mol. The van der Waals surface area contributed by atoms with Crippen LogP contribution in [0.2, 0.25) is 0 Å². The van der Waals surface area contributed by atoms with Crippen LogP contribution in [0.3, 0.4) is 0 Å². The second kappa shape index (κ2) is 7.07. The SMILES string of the molecule is CC(C)CNCc1cccnc1N1CCCC(C)C1C. The molecule has 1 aliphatic rings. The lowest BCUT2D eigenvalue weighted by Crippen LogP contribution is -2.43. The molecular weight excluding hydrogens is 246 g/mol. The van der Waals surface area contributed by atoms with Crippen molar-refractivity contribution in [2.24, 2.45) is 11.8 Å². The van der Waals surface area contributed by atoms with Crippen LogP contribution in [0.15, 0.2) is 18.3 Å². The number of anilines is 1. The highest BCUT2D eigenvalue weighted by Crippen LogP contribution is 2.29. The Balaban J connectivity index is 2.10. The molecule has 3 nitrogen and oxygen atoms in total. The lowest BCUT2D eigenvalue weighted by molar-refractivity contribution is 0.360. The average Bonchev–Trinajstić information content (AvgIpc) is 2.42. The van der Waals surface area contributed by atoms with Crippen LogP contribution in [0.4, 0.5) is 5.82 Å². The molecule has 2 heterocycles. The molecule has 3 heteroatoms. The molecule has 1 aromatic heterocycles. The van der Waals surface area contributed by atoms with Crippen molar-refractivity contribution in [1.29, 1.82) is 0 Å². The number of hydrogen-bond donors (Lipinski definition) is 1. The molecule has 0 aromatic carbocycles. The molecule has 0 radical (unpaired) electrons. The maximum atomic E-state index is 4.67. The van der Waals surface area contributed by atoms with E-state index in [2.05, 4.69) is 49.0 Å². The van der Waals surface area contributed by atoms with Crippen LogP contribution in [-0.4, -0.2) is 24.1 Å². The Morgan fingerprint density at radius 2 is 2.20 bits per heavy atom. The van der Waals surface area contributed by atoms with Crippen molar-refractivity contribution >= 4 is 5.82 Å². The van der Waals surface area contributed by atoms with Gasteiger partial charge in [-0.15, -0.1) is 0 Å². The van der Waals surface area contributed by atoms with E-state index in [1.807, 2.05) is 12.3 Å². The van der Waals surface area contributed by atoms with Crippen molar-refractivity contribution in [1.82, 2.24) is 10.3 Å². The van der Waals surface area contributed by atoms with Gasteiger partial charge in [0.15, 0.2) is 0 Å². The zero-order chi connectivity index (χ0) is 14.5. The van der Waals surface area contributed by atoms with Gasteiger partial charge in [-0.3, -0.25) is 0 Å². The van der Waals surface area contributed by atoms with Crippen molar-refractivity contribution < 1.29 is 0 Å². The molecule has 1 N–H and O–H groups in total. The van der Waals surface area contributed by atoms with Gasteiger partial charge in [-0.2, -0.15) is 0 Å². The van der Waals surface area contributed by atoms with Gasteiger partial charge in [0.1, 0.15) is 5.82 Å². The van der Waals surface area contributed by atoms with E-state index in [-0.39, 0.29) is 0 Å². The molecule has 2 atom stereocenters. The lowest BCUT2D eigenvalue weighted by Gasteiger charge is -2.39. The monoisotopic (exact) mass is 275 g/mol. The van der Waals surface area contributed by atoms with E-state index in [9.17, 15) is 0 Å². The third kappa shape index (κ3) is 3.72. The molecule has 112 valence electrons. The van der Waals surface area contributed by atoms with Gasteiger partial charge in [0.05, 0.1) is 0 Å². The van der Waals surface area contributed by atoms with E-state index >= 15 is 0 Å². The minimum absolute atomic E-state index is 0.586. The third-order valence-electron chi connectivity index (χ3n) is 4.38. The fourth-order valence-electron chi connectivity index (χ4n) is 2.96. The smallest absolute Gasteiger partial charge is 0.133 e. The lowest BCUT2D eigenvalue weighted by atomic mass is 9.92. The Bertz CT molecular complexity index is 416. The second-order valence-corrected chi connectivity index (χ2v) is 6.56. The zero-order valence-electron chi connectivity index (χ0n) is 13.4. The number of piperidine rings is 1. The zero-order valence-corrected chi connectivity index (χ0v) is 13.4. The number of rotatable bonds is 5. The highest BCUT2D eigenvalue weighted by molar-refractivity contribution is 5.48. The maximum absolute atomic E-state index is 4.67. The number of nitrogens with one attached hydrogen (secondary N) is 1. The van der Waals surface area contributed by atoms with Crippen LogP contribution in [-0.2, 0) is 6.54 Å². The highest BCUT2D eigenvalue weighted by atomic mass is 15.2. The van der Waals surface area contributed by atoms with Crippen molar-refractivity contribution in [3.8, 4) is 0 Å². The van der Waals surface area contributed by atoms with Crippen LogP contribution in [0.25, 0.3) is 0 Å². The van der Waals surface area contributed by atoms with Crippen molar-refractivity contribution in [2.45, 2.75) is 53.1 Å². The molecule has 2 unspecified atom stereocenters. The summed E-state index contributed by atoms with van der Waals surface area (Å²) >= 11 is 0. The molecule has 0 spiro atoms. The first kappa shape index (κ1) is 15.3. The summed E-state index contributed by atoms with van der Waals surface area (Å²) in [5.41, 5.74) is 1.33. The Hall–Kier alpha value is -1.09. The summed E-state index contributed by atoms with van der Waals surface area (Å²) in [6.07, 6.45) is 4.54. The minimum Gasteiger partial charge on any atom is -0.353 e. The number of pyridine rings is 1. The van der Waals surface area contributed by atoms with Gasteiger partial charge < -0.3 is 10.2 Å². The fraction of sp³-hybridized carbons (Fsp3) is 0.706. The molecule has 1 saturated heterocycles. The molecule has 1 fully saturated rings. The van der Waals surface area contributed by atoms with Crippen molar-refractivity contribution in [3.63, 3.8) is 0 Å². The molecule has 0 bridgehead atoms. The van der Waals surface area contributed by atoms with Gasteiger partial charge in [0, 0.05) is 30.9 Å². The van der Waals surface area contributed by atoms with Crippen molar-refractivity contribution in [2.75, 3.05) is 18.0 Å². The van der Waals surface area contributed by atoms with Crippen LogP contribution in [0.5, 0.6) is 0 Å². The van der Waals surface area contributed by atoms with E-state index in [1.165, 1.54) is 24.2 Å². The van der Waals surface area contributed by atoms with E-state index < -0.39 is 0 Å². The summed E-state index contributed by atoms with van der Waals surface area (Å²) < 4.78 is 0. The van der Waals surface area contributed by atoms with Gasteiger partial charge in [0.25, 0.3) is 0 Å². The first-order valence-corrected chi connectivity index (χ1v) is 8.01. The molecule has 0 amide bonds. The topological polar surface area (TPSA) is 28.2 Å². The van der Waals surface area contributed by atoms with Gasteiger partial charge in [-0.05, 0) is 44.2 Å². The molecule has 0 aliphatic carbocycles. The molecule has 0 saturated carbocycles. The molecule has 20 heavy (non-hydrogen) atoms. The first-order valence-electron chi connectivity index (χ1n) is 8.01. The summed E-state index contributed by atoms with van der Waals surface area (Å²) in [5, 5.41) is 3.54. The summed E-state index contributed by atoms with van der Waals surface area (Å²) in [6, 6.07) is 4.85. The van der Waals surface area contributed by atoms with Gasteiger partial charge >= 0.3 is 0 Å². The van der Waals surface area contributed by atoms with Gasteiger partial charge in [0.2, 0.25) is 0 Å². The third-order valence-corrected chi connectivity index (χ3v) is 4.38. The Morgan fingerprint density at radius 1 is 1.40 bits per heavy atom. The molecule has 2 rings (SSSR count). The quantitative estimate of drug-likeness (QED) is 0.892. The summed E-state index contributed by atoms with van der Waals surface area (Å²) in [7, 11) is 0. The molecule has 1 aliphatic heterocycles. The largest absolute Gasteiger partial charge is 0.353 e. The number of aromatic nitrogens is 1. The fourth-order valence-corrected chi connectivity index (χ4v) is 2.96. The Morgan fingerprint density at radius 3 is 2.95 bits per heavy atom.